The van der Waals surface area contributed by atoms with Gasteiger partial charge in [0.1, 0.15) is 34.5 Å². The summed E-state index contributed by atoms with van der Waals surface area (Å²) in [5, 5.41) is 0. The Kier molecular flexibility index (Phi) is 6.88. The van der Waals surface area contributed by atoms with Crippen LogP contribution in [0.2, 0.25) is 0 Å². The largest absolute Gasteiger partial charge is 0.457 e. The van der Waals surface area contributed by atoms with E-state index in [1.807, 2.05) is 87.5 Å². The molecule has 0 heterocycles. The maximum absolute atomic E-state index is 6.79. The van der Waals surface area contributed by atoms with E-state index in [4.69, 9.17) is 31.4 Å². The fourth-order valence-electron chi connectivity index (χ4n) is 8.05. The summed E-state index contributed by atoms with van der Waals surface area (Å²) in [4.78, 5) is 0. The summed E-state index contributed by atoms with van der Waals surface area (Å²) >= 11 is 0. The Morgan fingerprint density at radius 1 is 0.488 bits per heavy atom. The lowest BCUT2D eigenvalue weighted by Crippen LogP contribution is -2.43. The molecule has 0 aromatic heterocycles. The summed E-state index contributed by atoms with van der Waals surface area (Å²) < 4.78 is 20.0. The molecule has 0 unspecified atom stereocenters. The Morgan fingerprint density at radius 3 is 1.28 bits per heavy atom. The zero-order chi connectivity index (χ0) is 29.8. The third kappa shape index (κ3) is 5.35. The molecule has 0 spiro atoms. The van der Waals surface area contributed by atoms with Crippen molar-refractivity contribution in [2.75, 3.05) is 17.2 Å². The van der Waals surface area contributed by atoms with Crippen molar-refractivity contribution in [3.05, 3.63) is 89.0 Å². The first kappa shape index (κ1) is 27.5. The second-order valence-electron chi connectivity index (χ2n) is 13.2. The van der Waals surface area contributed by atoms with Crippen LogP contribution in [0.1, 0.15) is 60.3 Å². The molecule has 6 nitrogen and oxygen atoms in total. The lowest BCUT2D eigenvalue weighted by Gasteiger charge is -2.54. The van der Waals surface area contributed by atoms with Crippen LogP contribution in [0.25, 0.3) is 0 Å². The van der Waals surface area contributed by atoms with E-state index in [1.165, 1.54) is 32.1 Å². The predicted molar refractivity (Wildman–Crippen MR) is 173 cm³/mol. The molecule has 4 saturated carbocycles. The van der Waals surface area contributed by atoms with Crippen molar-refractivity contribution < 1.29 is 14.2 Å². The maximum atomic E-state index is 6.79. The highest BCUT2D eigenvalue weighted by molar-refractivity contribution is 5.59. The van der Waals surface area contributed by atoms with Gasteiger partial charge in [-0.3, -0.25) is 0 Å². The molecule has 4 aliphatic rings. The molecule has 8 rings (SSSR count). The molecule has 6 N–H and O–H groups in total. The van der Waals surface area contributed by atoms with Crippen LogP contribution in [0.5, 0.6) is 34.5 Å². The molecule has 4 aromatic rings. The van der Waals surface area contributed by atoms with Gasteiger partial charge in [-0.15, -0.1) is 0 Å². The van der Waals surface area contributed by atoms with Gasteiger partial charge in [0.25, 0.3) is 0 Å². The molecular weight excluding hydrogens is 534 g/mol. The van der Waals surface area contributed by atoms with Crippen molar-refractivity contribution in [3.63, 3.8) is 0 Å². The van der Waals surface area contributed by atoms with E-state index in [-0.39, 0.29) is 0 Å². The SMILES string of the molecule is Cc1cc(Oc2cc(Oc3ccc(N)c(C)c3)c(C3C4CC5CC(C4)CC3C5)c(Oc3ccc(N)c(C)c3)c2)ccc1N. The molecule has 6 heteroatoms. The van der Waals surface area contributed by atoms with Gasteiger partial charge in [0.05, 0.1) is 0 Å². The van der Waals surface area contributed by atoms with E-state index < -0.39 is 0 Å². The first-order valence-electron chi connectivity index (χ1n) is 15.5. The maximum Gasteiger partial charge on any atom is 0.138 e. The lowest BCUT2D eigenvalue weighted by atomic mass is 9.50. The minimum absolute atomic E-state index is 0.357. The van der Waals surface area contributed by atoms with Gasteiger partial charge in [0, 0.05) is 34.8 Å². The lowest BCUT2D eigenvalue weighted by molar-refractivity contribution is -0.00397. The number of rotatable bonds is 7. The summed E-state index contributed by atoms with van der Waals surface area (Å²) in [5.74, 6) is 7.67. The Labute approximate surface area is 254 Å². The Morgan fingerprint density at radius 2 is 0.884 bits per heavy atom. The number of anilines is 3. The van der Waals surface area contributed by atoms with E-state index in [9.17, 15) is 0 Å². The second kappa shape index (κ2) is 10.7. The van der Waals surface area contributed by atoms with E-state index >= 15 is 0 Å². The summed E-state index contributed by atoms with van der Waals surface area (Å²) in [6.45, 7) is 5.98. The average molecular weight is 576 g/mol. The smallest absolute Gasteiger partial charge is 0.138 e. The Hall–Kier alpha value is -4.32. The van der Waals surface area contributed by atoms with E-state index in [1.54, 1.807) is 0 Å². The molecular formula is C37H41N3O3. The number of benzene rings is 4. The molecule has 0 aliphatic heterocycles. The van der Waals surface area contributed by atoms with E-state index in [0.29, 0.717) is 29.3 Å². The number of aryl methyl sites for hydroxylation is 3. The van der Waals surface area contributed by atoms with Crippen LogP contribution in [0.4, 0.5) is 17.1 Å². The molecule has 0 amide bonds. The van der Waals surface area contributed by atoms with Crippen molar-refractivity contribution in [1.29, 1.82) is 0 Å². The topological polar surface area (TPSA) is 106 Å². The highest BCUT2D eigenvalue weighted by Gasteiger charge is 2.50. The first-order chi connectivity index (χ1) is 20.7. The van der Waals surface area contributed by atoms with Crippen LogP contribution in [-0.2, 0) is 0 Å². The summed E-state index contributed by atoms with van der Waals surface area (Å²) in [6, 6.07) is 21.4. The molecule has 0 saturated heterocycles. The number of ether oxygens (including phenoxy) is 3. The predicted octanol–water partition coefficient (Wildman–Crippen LogP) is 9.28. The average Bonchev–Trinajstić information content (AvgIpc) is 2.95. The van der Waals surface area contributed by atoms with Crippen molar-refractivity contribution in [1.82, 2.24) is 0 Å². The van der Waals surface area contributed by atoms with Gasteiger partial charge in [-0.1, -0.05) is 0 Å². The van der Waals surface area contributed by atoms with Crippen LogP contribution < -0.4 is 31.4 Å². The summed E-state index contributed by atoms with van der Waals surface area (Å²) in [6.07, 6.45) is 6.52. The molecule has 4 fully saturated rings. The van der Waals surface area contributed by atoms with Gasteiger partial charge >= 0.3 is 0 Å². The van der Waals surface area contributed by atoms with E-state index in [0.717, 1.165) is 74.1 Å². The monoisotopic (exact) mass is 575 g/mol. The quantitative estimate of drug-likeness (QED) is 0.190. The molecule has 43 heavy (non-hydrogen) atoms. The summed E-state index contributed by atoms with van der Waals surface area (Å²) in [7, 11) is 0. The van der Waals surface area contributed by atoms with Gasteiger partial charge in [0.15, 0.2) is 0 Å². The minimum Gasteiger partial charge on any atom is -0.457 e. The highest BCUT2D eigenvalue weighted by atomic mass is 16.5. The van der Waals surface area contributed by atoms with Gasteiger partial charge in [-0.25, -0.2) is 0 Å². The van der Waals surface area contributed by atoms with Crippen LogP contribution in [-0.4, -0.2) is 0 Å². The van der Waals surface area contributed by atoms with Gasteiger partial charge in [0.2, 0.25) is 0 Å². The molecule has 222 valence electrons. The second-order valence-corrected chi connectivity index (χ2v) is 13.2. The zero-order valence-electron chi connectivity index (χ0n) is 25.2. The van der Waals surface area contributed by atoms with Crippen LogP contribution in [0.15, 0.2) is 66.7 Å². The highest BCUT2D eigenvalue weighted by Crippen LogP contribution is 2.63. The van der Waals surface area contributed by atoms with Crippen LogP contribution in [0.3, 0.4) is 0 Å². The number of nitrogens with two attached hydrogens (primary N) is 3. The summed E-state index contributed by atoms with van der Waals surface area (Å²) in [5.41, 5.74) is 24.7. The third-order valence-electron chi connectivity index (χ3n) is 10.1. The molecule has 4 aromatic carbocycles. The Bertz CT molecular complexity index is 1590. The van der Waals surface area contributed by atoms with Crippen LogP contribution >= 0.6 is 0 Å². The van der Waals surface area contributed by atoms with Gasteiger partial charge in [-0.2, -0.15) is 0 Å². The van der Waals surface area contributed by atoms with Gasteiger partial charge in [-0.05, 0) is 154 Å². The van der Waals surface area contributed by atoms with Crippen LogP contribution in [0, 0.1) is 44.4 Å². The molecule has 4 bridgehead atoms. The normalized spacial score (nSPS) is 23.7. The van der Waals surface area contributed by atoms with Crippen molar-refractivity contribution in [2.45, 2.75) is 58.8 Å². The van der Waals surface area contributed by atoms with Crippen molar-refractivity contribution in [2.24, 2.45) is 23.7 Å². The molecule has 0 radical (unpaired) electrons. The molecule has 0 atom stereocenters. The Balaban J connectivity index is 1.38. The minimum atomic E-state index is 0.357. The van der Waals surface area contributed by atoms with Crippen molar-refractivity contribution in [3.8, 4) is 34.5 Å². The standard InChI is InChI=1S/C37H41N3O3/c1-20-10-27(4-7-31(20)38)41-30-18-34(42-28-5-8-32(39)21(2)11-28)37(35(19-30)43-29-6-9-33(40)22(3)12-29)36-25-14-23-13-24(16-25)17-26(36)15-23/h4-12,18-19,23-26,36H,13-17,38-40H2,1-3H3. The van der Waals surface area contributed by atoms with Gasteiger partial charge < -0.3 is 31.4 Å². The zero-order valence-corrected chi connectivity index (χ0v) is 25.2. The fraction of sp³-hybridized carbons (Fsp3) is 0.351. The number of nitrogen functional groups attached to an aromatic ring is 3. The number of hydrogen-bond acceptors (Lipinski definition) is 6. The third-order valence-corrected chi connectivity index (χ3v) is 10.1. The fourth-order valence-corrected chi connectivity index (χ4v) is 8.05. The molecule has 4 aliphatic carbocycles. The number of hydrogen-bond donors (Lipinski definition) is 3. The van der Waals surface area contributed by atoms with E-state index in [2.05, 4.69) is 0 Å². The first-order valence-corrected chi connectivity index (χ1v) is 15.5. The van der Waals surface area contributed by atoms with Crippen molar-refractivity contribution >= 4 is 17.1 Å².